The molecule has 0 fully saturated rings. The second-order valence-electron chi connectivity index (χ2n) is 5.66. The topological polar surface area (TPSA) is 79.5 Å². The molecule has 0 aliphatic rings. The summed E-state index contributed by atoms with van der Waals surface area (Å²) < 4.78 is 1.83. The van der Waals surface area contributed by atoms with Crippen LogP contribution in [0.1, 0.15) is 51.6 Å². The van der Waals surface area contributed by atoms with Crippen molar-refractivity contribution in [2.75, 3.05) is 5.32 Å². The maximum absolute atomic E-state index is 10.5. The molecule has 2 rings (SSSR count). The molecule has 114 valence electrons. The van der Waals surface area contributed by atoms with Crippen molar-refractivity contribution in [3.63, 3.8) is 0 Å². The molecule has 0 amide bonds. The van der Waals surface area contributed by atoms with Crippen molar-refractivity contribution >= 4 is 17.3 Å². The van der Waals surface area contributed by atoms with Gasteiger partial charge in [-0.05, 0) is 31.7 Å². The fourth-order valence-electron chi connectivity index (χ4n) is 2.20. The van der Waals surface area contributed by atoms with Crippen LogP contribution in [0.2, 0.25) is 0 Å². The number of anilines is 1. The lowest BCUT2D eigenvalue weighted by Crippen LogP contribution is -2.17. The molecule has 2 heterocycles. The highest BCUT2D eigenvalue weighted by Crippen LogP contribution is 2.21. The molecule has 1 atom stereocenters. The largest absolute Gasteiger partial charge is 0.481 e. The molecule has 0 saturated carbocycles. The number of rotatable bonds is 7. The smallest absolute Gasteiger partial charge is 0.303 e. The van der Waals surface area contributed by atoms with E-state index in [-0.39, 0.29) is 12.5 Å². The van der Waals surface area contributed by atoms with Gasteiger partial charge in [-0.25, -0.2) is 9.50 Å². The van der Waals surface area contributed by atoms with Crippen molar-refractivity contribution in [2.45, 2.75) is 52.0 Å². The molecule has 6 nitrogen and oxygen atoms in total. The van der Waals surface area contributed by atoms with Crippen molar-refractivity contribution in [2.24, 2.45) is 0 Å². The second-order valence-corrected chi connectivity index (χ2v) is 5.66. The molecule has 1 unspecified atom stereocenters. The highest BCUT2D eigenvalue weighted by Gasteiger charge is 2.11. The summed E-state index contributed by atoms with van der Waals surface area (Å²) in [7, 11) is 0. The van der Waals surface area contributed by atoms with Gasteiger partial charge in [0.1, 0.15) is 5.52 Å². The summed E-state index contributed by atoms with van der Waals surface area (Å²) in [5.74, 6) is 0.408. The summed E-state index contributed by atoms with van der Waals surface area (Å²) in [6.45, 7) is 6.25. The minimum atomic E-state index is -0.750. The van der Waals surface area contributed by atoms with E-state index in [0.29, 0.717) is 12.3 Å². The van der Waals surface area contributed by atoms with Crippen molar-refractivity contribution in [1.29, 1.82) is 0 Å². The molecule has 0 bridgehead atoms. The van der Waals surface area contributed by atoms with Crippen LogP contribution in [0.15, 0.2) is 18.5 Å². The van der Waals surface area contributed by atoms with Gasteiger partial charge >= 0.3 is 5.97 Å². The number of carboxylic acid groups (broad SMARTS) is 1. The van der Waals surface area contributed by atoms with E-state index in [9.17, 15) is 4.79 Å². The number of carbonyl (C=O) groups is 1. The Hall–Kier alpha value is -2.11. The fourth-order valence-corrected chi connectivity index (χ4v) is 2.20. The number of nitrogens with one attached hydrogen (secondary N) is 1. The summed E-state index contributed by atoms with van der Waals surface area (Å²) >= 11 is 0. The number of nitrogens with zero attached hydrogens (tertiary/aromatic N) is 3. The molecule has 0 radical (unpaired) electrons. The molecular weight excluding hydrogens is 268 g/mol. The van der Waals surface area contributed by atoms with Gasteiger partial charge in [0, 0.05) is 24.9 Å². The van der Waals surface area contributed by atoms with E-state index in [1.807, 2.05) is 23.7 Å². The molecule has 0 aliphatic carbocycles. The van der Waals surface area contributed by atoms with Crippen molar-refractivity contribution < 1.29 is 9.90 Å². The first-order valence-corrected chi connectivity index (χ1v) is 7.30. The predicted molar refractivity (Wildman–Crippen MR) is 81.6 cm³/mol. The molecule has 2 aromatic rings. The Morgan fingerprint density at radius 2 is 2.19 bits per heavy atom. The van der Waals surface area contributed by atoms with Crippen molar-refractivity contribution in [3.8, 4) is 0 Å². The van der Waals surface area contributed by atoms with E-state index in [1.54, 1.807) is 6.20 Å². The third-order valence-electron chi connectivity index (χ3n) is 3.41. The van der Waals surface area contributed by atoms with Gasteiger partial charge in [-0.15, -0.1) is 0 Å². The van der Waals surface area contributed by atoms with E-state index in [4.69, 9.17) is 5.11 Å². The molecule has 6 heteroatoms. The van der Waals surface area contributed by atoms with Crippen LogP contribution in [0.3, 0.4) is 0 Å². The predicted octanol–water partition coefficient (Wildman–Crippen LogP) is 2.91. The van der Waals surface area contributed by atoms with Gasteiger partial charge in [-0.3, -0.25) is 4.79 Å². The van der Waals surface area contributed by atoms with E-state index in [2.05, 4.69) is 29.2 Å². The quantitative estimate of drug-likeness (QED) is 0.819. The molecule has 21 heavy (non-hydrogen) atoms. The summed E-state index contributed by atoms with van der Waals surface area (Å²) in [5.41, 5.74) is 1.98. The first kappa shape index (κ1) is 15.3. The van der Waals surface area contributed by atoms with Gasteiger partial charge in [0.25, 0.3) is 0 Å². The third kappa shape index (κ3) is 3.93. The van der Waals surface area contributed by atoms with E-state index >= 15 is 0 Å². The molecule has 0 aromatic carbocycles. The lowest BCUT2D eigenvalue weighted by Gasteiger charge is -2.14. The monoisotopic (exact) mass is 290 g/mol. The van der Waals surface area contributed by atoms with E-state index in [1.165, 1.54) is 0 Å². The maximum atomic E-state index is 10.5. The first-order valence-electron chi connectivity index (χ1n) is 7.30. The highest BCUT2D eigenvalue weighted by atomic mass is 16.4. The fraction of sp³-hybridized carbons (Fsp3) is 0.533. The lowest BCUT2D eigenvalue weighted by molar-refractivity contribution is -0.137. The summed E-state index contributed by atoms with van der Waals surface area (Å²) in [4.78, 5) is 14.9. The Kier molecular flexibility index (Phi) is 4.77. The van der Waals surface area contributed by atoms with Crippen LogP contribution in [-0.4, -0.2) is 31.7 Å². The average molecular weight is 290 g/mol. The number of hydrogen-bond acceptors (Lipinski definition) is 4. The Labute approximate surface area is 124 Å². The number of hydrogen-bond donors (Lipinski definition) is 2. The molecule has 0 aliphatic heterocycles. The van der Waals surface area contributed by atoms with Gasteiger partial charge in [-0.1, -0.05) is 13.8 Å². The maximum Gasteiger partial charge on any atom is 0.303 e. The zero-order chi connectivity index (χ0) is 15.4. The minimum absolute atomic E-state index is 0.167. The Morgan fingerprint density at radius 3 is 2.86 bits per heavy atom. The number of carboxylic acids is 1. The van der Waals surface area contributed by atoms with Gasteiger partial charge < -0.3 is 10.4 Å². The van der Waals surface area contributed by atoms with Crippen LogP contribution in [0.5, 0.6) is 0 Å². The molecule has 2 aromatic heterocycles. The molecular formula is C15H22N4O2. The molecule has 0 saturated heterocycles. The van der Waals surface area contributed by atoms with Crippen LogP contribution in [0.25, 0.3) is 5.52 Å². The van der Waals surface area contributed by atoms with Crippen LogP contribution < -0.4 is 5.32 Å². The third-order valence-corrected chi connectivity index (χ3v) is 3.41. The van der Waals surface area contributed by atoms with Gasteiger partial charge in [0.15, 0.2) is 5.82 Å². The second kappa shape index (κ2) is 6.56. The minimum Gasteiger partial charge on any atom is -0.481 e. The lowest BCUT2D eigenvalue weighted by atomic mass is 10.1. The average Bonchev–Trinajstić information content (AvgIpc) is 2.83. The summed E-state index contributed by atoms with van der Waals surface area (Å²) in [6, 6.07) is 2.21. The van der Waals surface area contributed by atoms with Crippen LogP contribution in [0, 0.1) is 0 Å². The highest BCUT2D eigenvalue weighted by molar-refractivity contribution is 5.68. The van der Waals surface area contributed by atoms with Gasteiger partial charge in [0.2, 0.25) is 0 Å². The van der Waals surface area contributed by atoms with Crippen molar-refractivity contribution in [3.05, 3.63) is 24.2 Å². The number of aliphatic carboxylic acids is 1. The Morgan fingerprint density at radius 1 is 1.43 bits per heavy atom. The summed E-state index contributed by atoms with van der Waals surface area (Å²) in [5, 5.41) is 16.5. The number of fused-ring (bicyclic) bond motifs is 1. The standard InChI is InChI=1S/C15H22N4O2/c1-10(2)12-9-13-15(16-7-8-19(13)18-12)17-11(3)5-4-6-14(20)21/h7-11H,4-6H2,1-3H3,(H,16,17)(H,20,21). The van der Waals surface area contributed by atoms with Crippen LogP contribution >= 0.6 is 0 Å². The van der Waals surface area contributed by atoms with Crippen molar-refractivity contribution in [1.82, 2.24) is 14.6 Å². The zero-order valence-corrected chi connectivity index (χ0v) is 12.7. The Bertz CT molecular complexity index is 621. The SMILES string of the molecule is CC(CCCC(=O)O)Nc1nccn2nc(C(C)C)cc12. The number of aromatic nitrogens is 3. The van der Waals surface area contributed by atoms with Crippen LogP contribution in [0.4, 0.5) is 5.82 Å². The van der Waals surface area contributed by atoms with Crippen LogP contribution in [-0.2, 0) is 4.79 Å². The first-order chi connectivity index (χ1) is 9.97. The van der Waals surface area contributed by atoms with Gasteiger partial charge in [-0.2, -0.15) is 5.10 Å². The molecule has 2 N–H and O–H groups in total. The van der Waals surface area contributed by atoms with E-state index < -0.39 is 5.97 Å². The zero-order valence-electron chi connectivity index (χ0n) is 12.7. The normalized spacial score (nSPS) is 12.8. The molecule has 0 spiro atoms. The summed E-state index contributed by atoms with van der Waals surface area (Å²) in [6.07, 6.45) is 5.20. The van der Waals surface area contributed by atoms with E-state index in [0.717, 1.165) is 23.4 Å². The Balaban J connectivity index is 2.09. The van der Waals surface area contributed by atoms with Gasteiger partial charge in [0.05, 0.1) is 5.69 Å².